The summed E-state index contributed by atoms with van der Waals surface area (Å²) in [4.78, 5) is 2.63. The largest absolute Gasteiger partial charge is 0.296 e. The molecule has 3 heteroatoms. The van der Waals surface area contributed by atoms with Crippen LogP contribution >= 0.6 is 0 Å². The number of likely N-dealkylation sites (tertiary alicyclic amines) is 1. The van der Waals surface area contributed by atoms with Crippen LogP contribution in [0.3, 0.4) is 0 Å². The van der Waals surface area contributed by atoms with Gasteiger partial charge in [0, 0.05) is 5.54 Å². The van der Waals surface area contributed by atoms with Crippen LogP contribution in [0.2, 0.25) is 0 Å². The third-order valence-corrected chi connectivity index (χ3v) is 5.08. The smallest absolute Gasteiger partial charge is 0.0643 e. The number of hydrogen-bond donors (Lipinski definition) is 2. The number of aryl methyl sites for hydroxylation is 1. The van der Waals surface area contributed by atoms with Gasteiger partial charge in [0.1, 0.15) is 0 Å². The Labute approximate surface area is 123 Å². The number of rotatable bonds is 5. The van der Waals surface area contributed by atoms with Crippen molar-refractivity contribution in [3.05, 3.63) is 35.4 Å². The molecule has 0 saturated carbocycles. The van der Waals surface area contributed by atoms with Gasteiger partial charge in [0.05, 0.1) is 6.04 Å². The molecule has 1 heterocycles. The molecule has 1 saturated heterocycles. The van der Waals surface area contributed by atoms with E-state index in [-0.39, 0.29) is 11.6 Å². The number of hydrogen-bond acceptors (Lipinski definition) is 3. The van der Waals surface area contributed by atoms with Gasteiger partial charge >= 0.3 is 0 Å². The SMILES string of the molecule is CCC(C)(C(NN)c1ccccc1C)N1CCCCC1. The second-order valence-corrected chi connectivity index (χ2v) is 6.21. The molecule has 0 aromatic heterocycles. The van der Waals surface area contributed by atoms with Crippen LogP contribution in [0.25, 0.3) is 0 Å². The summed E-state index contributed by atoms with van der Waals surface area (Å²) in [6.07, 6.45) is 5.07. The van der Waals surface area contributed by atoms with Crippen LogP contribution in [0.1, 0.15) is 56.7 Å². The van der Waals surface area contributed by atoms with Gasteiger partial charge in [-0.2, -0.15) is 0 Å². The van der Waals surface area contributed by atoms with Crippen molar-refractivity contribution < 1.29 is 0 Å². The van der Waals surface area contributed by atoms with Gasteiger partial charge in [-0.3, -0.25) is 16.2 Å². The van der Waals surface area contributed by atoms with Gasteiger partial charge in [0.15, 0.2) is 0 Å². The molecule has 1 aromatic carbocycles. The van der Waals surface area contributed by atoms with Gasteiger partial charge in [-0.1, -0.05) is 37.6 Å². The highest BCUT2D eigenvalue weighted by Gasteiger charge is 2.39. The lowest BCUT2D eigenvalue weighted by molar-refractivity contribution is 0.0422. The van der Waals surface area contributed by atoms with Crippen LogP contribution in [0.5, 0.6) is 0 Å². The number of hydrazine groups is 1. The normalized spacial score (nSPS) is 21.4. The van der Waals surface area contributed by atoms with Crippen molar-refractivity contribution in [3.63, 3.8) is 0 Å². The fraction of sp³-hybridized carbons (Fsp3) is 0.647. The highest BCUT2D eigenvalue weighted by molar-refractivity contribution is 5.31. The number of benzene rings is 1. The van der Waals surface area contributed by atoms with Crippen molar-refractivity contribution in [1.82, 2.24) is 10.3 Å². The first-order chi connectivity index (χ1) is 9.63. The van der Waals surface area contributed by atoms with E-state index in [0.29, 0.717) is 0 Å². The Hall–Kier alpha value is -0.900. The molecule has 0 spiro atoms. The molecular weight excluding hydrogens is 246 g/mol. The number of nitrogens with two attached hydrogens (primary N) is 1. The van der Waals surface area contributed by atoms with Crippen molar-refractivity contribution in [1.29, 1.82) is 0 Å². The predicted molar refractivity (Wildman–Crippen MR) is 85.4 cm³/mol. The van der Waals surface area contributed by atoms with Gasteiger partial charge in [0.25, 0.3) is 0 Å². The summed E-state index contributed by atoms with van der Waals surface area (Å²) in [5.41, 5.74) is 5.81. The Kier molecular flexibility index (Phi) is 5.19. The van der Waals surface area contributed by atoms with Gasteiger partial charge in [0.2, 0.25) is 0 Å². The molecule has 1 fully saturated rings. The van der Waals surface area contributed by atoms with Gasteiger partial charge in [-0.25, -0.2) is 0 Å². The molecule has 0 bridgehead atoms. The lowest BCUT2D eigenvalue weighted by Crippen LogP contribution is -2.57. The molecule has 3 nitrogen and oxygen atoms in total. The molecule has 0 amide bonds. The topological polar surface area (TPSA) is 41.3 Å². The van der Waals surface area contributed by atoms with Crippen LogP contribution in [0.4, 0.5) is 0 Å². The quantitative estimate of drug-likeness (QED) is 0.640. The fourth-order valence-electron chi connectivity index (χ4n) is 3.53. The molecule has 0 aliphatic carbocycles. The molecule has 2 atom stereocenters. The second-order valence-electron chi connectivity index (χ2n) is 6.21. The summed E-state index contributed by atoms with van der Waals surface area (Å²) in [6.45, 7) is 9.18. The summed E-state index contributed by atoms with van der Waals surface area (Å²) in [6, 6.07) is 8.76. The van der Waals surface area contributed by atoms with E-state index in [1.807, 2.05) is 0 Å². The van der Waals surface area contributed by atoms with E-state index in [4.69, 9.17) is 5.84 Å². The third kappa shape index (κ3) is 2.90. The minimum absolute atomic E-state index is 0.0707. The molecule has 20 heavy (non-hydrogen) atoms. The van der Waals surface area contributed by atoms with Crippen LogP contribution in [0, 0.1) is 6.92 Å². The van der Waals surface area contributed by atoms with Gasteiger partial charge in [-0.15, -0.1) is 0 Å². The monoisotopic (exact) mass is 275 g/mol. The van der Waals surface area contributed by atoms with Crippen molar-refractivity contribution in [2.24, 2.45) is 5.84 Å². The second kappa shape index (κ2) is 6.70. The van der Waals surface area contributed by atoms with E-state index in [1.165, 1.54) is 43.5 Å². The first kappa shape index (κ1) is 15.5. The summed E-state index contributed by atoms with van der Waals surface area (Å²) in [5, 5.41) is 0. The van der Waals surface area contributed by atoms with Crippen LogP contribution < -0.4 is 11.3 Å². The van der Waals surface area contributed by atoms with Crippen LogP contribution in [0.15, 0.2) is 24.3 Å². The van der Waals surface area contributed by atoms with Crippen molar-refractivity contribution >= 4 is 0 Å². The molecule has 0 radical (unpaired) electrons. The zero-order valence-corrected chi connectivity index (χ0v) is 13.2. The maximum Gasteiger partial charge on any atom is 0.0643 e. The summed E-state index contributed by atoms with van der Waals surface area (Å²) in [5.74, 6) is 5.97. The molecular formula is C17H29N3. The van der Waals surface area contributed by atoms with Crippen molar-refractivity contribution in [2.75, 3.05) is 13.1 Å². The van der Waals surface area contributed by atoms with Gasteiger partial charge < -0.3 is 0 Å². The van der Waals surface area contributed by atoms with Crippen molar-refractivity contribution in [3.8, 4) is 0 Å². The number of nitrogens with zero attached hydrogens (tertiary/aromatic N) is 1. The highest BCUT2D eigenvalue weighted by Crippen LogP contribution is 2.36. The highest BCUT2D eigenvalue weighted by atomic mass is 15.3. The van der Waals surface area contributed by atoms with Crippen LogP contribution in [-0.2, 0) is 0 Å². The summed E-state index contributed by atoms with van der Waals surface area (Å²) >= 11 is 0. The average molecular weight is 275 g/mol. The molecule has 1 aliphatic heterocycles. The maximum absolute atomic E-state index is 5.97. The lowest BCUT2D eigenvalue weighted by atomic mass is 9.81. The Morgan fingerprint density at radius 2 is 1.90 bits per heavy atom. The minimum Gasteiger partial charge on any atom is -0.296 e. The first-order valence-corrected chi connectivity index (χ1v) is 7.90. The average Bonchev–Trinajstić information content (AvgIpc) is 2.50. The molecule has 1 aromatic rings. The third-order valence-electron chi connectivity index (χ3n) is 5.08. The number of piperidine rings is 1. The molecule has 1 aliphatic rings. The van der Waals surface area contributed by atoms with Crippen molar-refractivity contribution in [2.45, 2.75) is 58.0 Å². The zero-order chi connectivity index (χ0) is 14.6. The van der Waals surface area contributed by atoms with E-state index in [1.54, 1.807) is 0 Å². The first-order valence-electron chi connectivity index (χ1n) is 7.90. The Bertz CT molecular complexity index is 426. The summed E-state index contributed by atoms with van der Waals surface area (Å²) in [7, 11) is 0. The Morgan fingerprint density at radius 1 is 1.25 bits per heavy atom. The predicted octanol–water partition coefficient (Wildman–Crippen LogP) is 3.15. The maximum atomic E-state index is 5.97. The molecule has 112 valence electrons. The lowest BCUT2D eigenvalue weighted by Gasteiger charge is -2.48. The molecule has 2 rings (SSSR count). The number of nitrogens with one attached hydrogen (secondary N) is 1. The van der Waals surface area contributed by atoms with E-state index >= 15 is 0 Å². The fourth-order valence-corrected chi connectivity index (χ4v) is 3.53. The molecule has 3 N–H and O–H groups in total. The van der Waals surface area contributed by atoms with Crippen LogP contribution in [-0.4, -0.2) is 23.5 Å². The summed E-state index contributed by atoms with van der Waals surface area (Å²) < 4.78 is 0. The standard InChI is InChI=1S/C17H29N3/c1-4-17(3,20-12-8-5-9-13-20)16(19-18)15-11-7-6-10-14(15)2/h6-7,10-11,16,19H,4-5,8-9,12-13,18H2,1-3H3. The Morgan fingerprint density at radius 3 is 2.45 bits per heavy atom. The van der Waals surface area contributed by atoms with E-state index in [0.717, 1.165) is 6.42 Å². The zero-order valence-electron chi connectivity index (χ0n) is 13.2. The van der Waals surface area contributed by atoms with Gasteiger partial charge in [-0.05, 0) is 57.3 Å². The van der Waals surface area contributed by atoms with E-state index < -0.39 is 0 Å². The molecule has 2 unspecified atom stereocenters. The van der Waals surface area contributed by atoms with E-state index in [9.17, 15) is 0 Å². The van der Waals surface area contributed by atoms with E-state index in [2.05, 4.69) is 55.4 Å². The Balaban J connectivity index is 2.33. The minimum atomic E-state index is 0.0707.